The van der Waals surface area contributed by atoms with Crippen molar-refractivity contribution in [2.45, 2.75) is 56.4 Å². The number of hydrogen-bond donors (Lipinski definition) is 1. The van der Waals surface area contributed by atoms with Gasteiger partial charge in [0, 0.05) is 45.1 Å². The molecule has 1 saturated heterocycles. The van der Waals surface area contributed by atoms with Crippen LogP contribution >= 0.6 is 0 Å². The number of hydrogen-bond acceptors (Lipinski definition) is 4. The van der Waals surface area contributed by atoms with Gasteiger partial charge in [-0.25, -0.2) is 8.42 Å². The summed E-state index contributed by atoms with van der Waals surface area (Å²) in [5.41, 5.74) is 1.01. The molecule has 28 heavy (non-hydrogen) atoms. The van der Waals surface area contributed by atoms with E-state index in [9.17, 15) is 18.0 Å². The fourth-order valence-electron chi connectivity index (χ4n) is 3.79. The van der Waals surface area contributed by atoms with Gasteiger partial charge in [-0.3, -0.25) is 9.59 Å². The van der Waals surface area contributed by atoms with Crippen LogP contribution in [0.25, 0.3) is 0 Å². The Morgan fingerprint density at radius 3 is 2.21 bits per heavy atom. The Balaban J connectivity index is 1.45. The first-order valence-corrected chi connectivity index (χ1v) is 11.4. The number of amides is 2. The topological polar surface area (TPSA) is 86.8 Å². The molecule has 0 radical (unpaired) electrons. The van der Waals surface area contributed by atoms with Crippen molar-refractivity contribution in [2.24, 2.45) is 0 Å². The Bertz CT molecular complexity index is 793. The molecule has 0 spiro atoms. The number of aryl methyl sites for hydroxylation is 1. The Morgan fingerprint density at radius 2 is 1.61 bits per heavy atom. The van der Waals surface area contributed by atoms with Gasteiger partial charge >= 0.3 is 0 Å². The van der Waals surface area contributed by atoms with Crippen LogP contribution in [0.1, 0.15) is 44.1 Å². The molecule has 2 amide bonds. The largest absolute Gasteiger partial charge is 0.353 e. The number of carbonyl (C=O) groups excluding carboxylic acids is 2. The molecule has 1 N–H and O–H groups in total. The lowest BCUT2D eigenvalue weighted by Gasteiger charge is -2.34. The highest BCUT2D eigenvalue weighted by atomic mass is 32.2. The lowest BCUT2D eigenvalue weighted by atomic mass is 10.2. The minimum atomic E-state index is -3.54. The number of carbonyl (C=O) groups is 2. The molecule has 1 aromatic rings. The Kier molecular flexibility index (Phi) is 6.72. The molecule has 0 unspecified atom stereocenters. The molecule has 8 heteroatoms. The van der Waals surface area contributed by atoms with Gasteiger partial charge in [-0.1, -0.05) is 30.5 Å². The molecule has 2 aliphatic rings. The zero-order valence-electron chi connectivity index (χ0n) is 16.4. The van der Waals surface area contributed by atoms with E-state index in [0.717, 1.165) is 31.2 Å². The number of sulfonamides is 1. The second-order valence-corrected chi connectivity index (χ2v) is 9.58. The first-order chi connectivity index (χ1) is 13.4. The van der Waals surface area contributed by atoms with E-state index in [4.69, 9.17) is 0 Å². The molecule has 1 heterocycles. The lowest BCUT2D eigenvalue weighted by Crippen LogP contribution is -2.50. The number of nitrogens with one attached hydrogen (secondary N) is 1. The van der Waals surface area contributed by atoms with E-state index >= 15 is 0 Å². The van der Waals surface area contributed by atoms with Crippen molar-refractivity contribution >= 4 is 21.8 Å². The van der Waals surface area contributed by atoms with Gasteiger partial charge in [-0.2, -0.15) is 4.31 Å². The SMILES string of the molecule is Cc1ccc(S(=O)(=O)N2CCN(C(=O)CCC(=O)NC3CCCC3)CC2)cc1. The van der Waals surface area contributed by atoms with E-state index in [1.54, 1.807) is 29.2 Å². The van der Waals surface area contributed by atoms with Crippen LogP contribution in [-0.4, -0.2) is 61.7 Å². The summed E-state index contributed by atoms with van der Waals surface area (Å²) in [7, 11) is -3.54. The number of rotatable bonds is 6. The lowest BCUT2D eigenvalue weighted by molar-refractivity contribution is -0.134. The Labute approximate surface area is 167 Å². The van der Waals surface area contributed by atoms with E-state index < -0.39 is 10.0 Å². The van der Waals surface area contributed by atoms with Crippen LogP contribution in [0.4, 0.5) is 0 Å². The van der Waals surface area contributed by atoms with Crippen LogP contribution in [0.5, 0.6) is 0 Å². The van der Waals surface area contributed by atoms with Crippen molar-refractivity contribution in [3.05, 3.63) is 29.8 Å². The van der Waals surface area contributed by atoms with Crippen LogP contribution in [0, 0.1) is 6.92 Å². The average molecular weight is 408 g/mol. The van der Waals surface area contributed by atoms with Crippen molar-refractivity contribution in [1.29, 1.82) is 0 Å². The van der Waals surface area contributed by atoms with Crippen LogP contribution in [-0.2, 0) is 19.6 Å². The van der Waals surface area contributed by atoms with Crippen LogP contribution in [0.3, 0.4) is 0 Å². The second-order valence-electron chi connectivity index (χ2n) is 7.65. The van der Waals surface area contributed by atoms with Gasteiger partial charge in [-0.15, -0.1) is 0 Å². The summed E-state index contributed by atoms with van der Waals surface area (Å²) < 4.78 is 26.9. The summed E-state index contributed by atoms with van der Waals surface area (Å²) in [4.78, 5) is 26.3. The summed E-state index contributed by atoms with van der Waals surface area (Å²) in [5, 5.41) is 2.99. The summed E-state index contributed by atoms with van der Waals surface area (Å²) in [6.07, 6.45) is 4.72. The highest BCUT2D eigenvalue weighted by molar-refractivity contribution is 7.89. The van der Waals surface area contributed by atoms with Crippen molar-refractivity contribution < 1.29 is 18.0 Å². The average Bonchev–Trinajstić information content (AvgIpc) is 3.19. The molecule has 1 saturated carbocycles. The van der Waals surface area contributed by atoms with E-state index in [1.807, 2.05) is 6.92 Å². The summed E-state index contributed by atoms with van der Waals surface area (Å²) >= 11 is 0. The third-order valence-electron chi connectivity index (χ3n) is 5.54. The van der Waals surface area contributed by atoms with E-state index in [0.29, 0.717) is 13.1 Å². The Hall–Kier alpha value is -1.93. The molecule has 0 atom stereocenters. The van der Waals surface area contributed by atoms with Gasteiger partial charge in [0.1, 0.15) is 0 Å². The van der Waals surface area contributed by atoms with Crippen molar-refractivity contribution in [1.82, 2.24) is 14.5 Å². The van der Waals surface area contributed by atoms with Gasteiger partial charge in [0.25, 0.3) is 0 Å². The smallest absolute Gasteiger partial charge is 0.243 e. The predicted octanol–water partition coefficient (Wildman–Crippen LogP) is 1.67. The summed E-state index contributed by atoms with van der Waals surface area (Å²) in [6, 6.07) is 7.06. The molecular weight excluding hydrogens is 378 g/mol. The molecule has 1 aliphatic carbocycles. The Morgan fingerprint density at radius 1 is 1.00 bits per heavy atom. The number of benzene rings is 1. The third kappa shape index (κ3) is 5.11. The molecule has 1 aromatic carbocycles. The second kappa shape index (κ2) is 9.05. The van der Waals surface area contributed by atoms with E-state index in [2.05, 4.69) is 5.32 Å². The number of piperazine rings is 1. The van der Waals surface area contributed by atoms with Crippen LogP contribution in [0.15, 0.2) is 29.2 Å². The quantitative estimate of drug-likeness (QED) is 0.777. The normalized spacial score (nSPS) is 19.0. The van der Waals surface area contributed by atoms with E-state index in [1.165, 1.54) is 4.31 Å². The zero-order chi connectivity index (χ0) is 20.1. The maximum atomic E-state index is 12.7. The van der Waals surface area contributed by atoms with Gasteiger partial charge in [-0.05, 0) is 31.9 Å². The summed E-state index contributed by atoms with van der Waals surface area (Å²) in [5.74, 6) is -0.158. The first kappa shape index (κ1) is 20.8. The highest BCUT2D eigenvalue weighted by Crippen LogP contribution is 2.19. The van der Waals surface area contributed by atoms with Crippen molar-refractivity contribution in [3.8, 4) is 0 Å². The maximum absolute atomic E-state index is 12.7. The minimum Gasteiger partial charge on any atom is -0.353 e. The van der Waals surface area contributed by atoms with Crippen molar-refractivity contribution in [2.75, 3.05) is 26.2 Å². The third-order valence-corrected chi connectivity index (χ3v) is 7.45. The van der Waals surface area contributed by atoms with Gasteiger partial charge < -0.3 is 10.2 Å². The van der Waals surface area contributed by atoms with Gasteiger partial charge in [0.05, 0.1) is 4.90 Å². The molecule has 3 rings (SSSR count). The molecular formula is C20H29N3O4S. The van der Waals surface area contributed by atoms with Crippen LogP contribution < -0.4 is 5.32 Å². The standard InChI is InChI=1S/C20H29N3O4S/c1-16-6-8-18(9-7-16)28(26,27)23-14-12-22(13-15-23)20(25)11-10-19(24)21-17-4-2-3-5-17/h6-9,17H,2-5,10-15H2,1H3,(H,21,24). The highest BCUT2D eigenvalue weighted by Gasteiger charge is 2.30. The molecule has 2 fully saturated rings. The van der Waals surface area contributed by atoms with Crippen LogP contribution in [0.2, 0.25) is 0 Å². The monoisotopic (exact) mass is 407 g/mol. The van der Waals surface area contributed by atoms with Gasteiger partial charge in [0.15, 0.2) is 0 Å². The zero-order valence-corrected chi connectivity index (χ0v) is 17.2. The van der Waals surface area contributed by atoms with E-state index in [-0.39, 0.29) is 48.7 Å². The molecule has 0 bridgehead atoms. The molecule has 7 nitrogen and oxygen atoms in total. The summed E-state index contributed by atoms with van der Waals surface area (Å²) in [6.45, 7) is 3.17. The predicted molar refractivity (Wildman–Crippen MR) is 106 cm³/mol. The maximum Gasteiger partial charge on any atom is 0.243 e. The minimum absolute atomic E-state index is 0.0687. The fourth-order valence-corrected chi connectivity index (χ4v) is 5.21. The van der Waals surface area contributed by atoms with Crippen molar-refractivity contribution in [3.63, 3.8) is 0 Å². The first-order valence-electron chi connectivity index (χ1n) is 10.0. The number of nitrogens with zero attached hydrogens (tertiary/aromatic N) is 2. The molecule has 154 valence electrons. The molecule has 0 aromatic heterocycles. The molecule has 1 aliphatic heterocycles. The van der Waals surface area contributed by atoms with Gasteiger partial charge in [0.2, 0.25) is 21.8 Å². The fraction of sp³-hybridized carbons (Fsp3) is 0.600.